The van der Waals surface area contributed by atoms with Gasteiger partial charge < -0.3 is 23.8 Å². The fourth-order valence-corrected chi connectivity index (χ4v) is 6.10. The molecule has 2 fully saturated rings. The fraction of sp³-hybridized carbons (Fsp3) is 0.417. The maximum absolute atomic E-state index is 14.1. The van der Waals surface area contributed by atoms with Gasteiger partial charge in [-0.3, -0.25) is 9.69 Å². The van der Waals surface area contributed by atoms with Crippen LogP contribution in [0, 0.1) is 23.4 Å². The smallest absolute Gasteiger partial charge is 0.410 e. The molecule has 2 aliphatic heterocycles. The number of methoxy groups -OCH3 is 1. The number of amides is 2. The van der Waals surface area contributed by atoms with E-state index in [-0.39, 0.29) is 56.5 Å². The van der Waals surface area contributed by atoms with E-state index in [1.54, 1.807) is 48.4 Å². The van der Waals surface area contributed by atoms with Crippen molar-refractivity contribution in [2.24, 2.45) is 5.92 Å². The molecule has 0 aliphatic carbocycles. The van der Waals surface area contributed by atoms with Gasteiger partial charge in [0.15, 0.2) is 29.0 Å². The maximum atomic E-state index is 14.1. The van der Waals surface area contributed by atoms with Gasteiger partial charge in [-0.1, -0.05) is 12.1 Å². The van der Waals surface area contributed by atoms with Gasteiger partial charge in [0.25, 0.3) is 0 Å². The number of anilines is 1. The molecular formula is C36H39F3N6O6. The summed E-state index contributed by atoms with van der Waals surface area (Å²) >= 11 is 0. The molecule has 4 aromatic rings. The Bertz CT molecular complexity index is 1840. The van der Waals surface area contributed by atoms with Gasteiger partial charge in [0.05, 0.1) is 39.2 Å². The molecule has 0 radical (unpaired) electrons. The first kappa shape index (κ1) is 35.6. The van der Waals surface area contributed by atoms with E-state index < -0.39 is 41.2 Å². The topological polar surface area (TPSA) is 121 Å². The lowest BCUT2D eigenvalue weighted by Gasteiger charge is -2.34. The van der Waals surface area contributed by atoms with Gasteiger partial charge in [-0.05, 0) is 75.1 Å². The summed E-state index contributed by atoms with van der Waals surface area (Å²) < 4.78 is 66.8. The number of carbonyl (C=O) groups is 2. The molecule has 15 heteroatoms. The van der Waals surface area contributed by atoms with E-state index in [4.69, 9.17) is 24.0 Å². The number of morpholine rings is 1. The van der Waals surface area contributed by atoms with Crippen molar-refractivity contribution in [3.05, 3.63) is 83.4 Å². The zero-order valence-corrected chi connectivity index (χ0v) is 28.8. The van der Waals surface area contributed by atoms with Crippen LogP contribution in [0.3, 0.4) is 0 Å². The summed E-state index contributed by atoms with van der Waals surface area (Å²) in [4.78, 5) is 30.1. The number of hydrogen-bond donors (Lipinski definition) is 0. The number of hydrogen-bond acceptors (Lipinski definition) is 9. The molecule has 270 valence electrons. The van der Waals surface area contributed by atoms with Gasteiger partial charge in [-0.15, -0.1) is 0 Å². The predicted molar refractivity (Wildman–Crippen MR) is 179 cm³/mol. The third kappa shape index (κ3) is 8.25. The highest BCUT2D eigenvalue weighted by Crippen LogP contribution is 2.42. The molecule has 2 aromatic heterocycles. The Morgan fingerprint density at radius 2 is 1.76 bits per heavy atom. The molecule has 2 aliphatic rings. The van der Waals surface area contributed by atoms with Crippen molar-refractivity contribution in [3.63, 3.8) is 0 Å². The lowest BCUT2D eigenvalue weighted by Crippen LogP contribution is -2.49. The maximum Gasteiger partial charge on any atom is 0.410 e. The largest absolute Gasteiger partial charge is 0.497 e. The molecule has 0 saturated carbocycles. The number of rotatable bonds is 10. The Kier molecular flexibility index (Phi) is 10.5. The molecule has 2 aromatic carbocycles. The van der Waals surface area contributed by atoms with Crippen LogP contribution in [0.5, 0.6) is 11.5 Å². The number of aromatic nitrogens is 4. The molecule has 51 heavy (non-hydrogen) atoms. The first-order chi connectivity index (χ1) is 24.4. The molecule has 0 bridgehead atoms. The van der Waals surface area contributed by atoms with Crippen LogP contribution in [0.4, 0.5) is 23.8 Å². The van der Waals surface area contributed by atoms with Crippen molar-refractivity contribution in [2.75, 3.05) is 44.9 Å². The van der Waals surface area contributed by atoms with Crippen LogP contribution < -0.4 is 14.4 Å². The third-order valence-corrected chi connectivity index (χ3v) is 8.53. The highest BCUT2D eigenvalue weighted by molar-refractivity contribution is 5.99. The average molecular weight is 709 g/mol. The van der Waals surface area contributed by atoms with Crippen LogP contribution in [0.15, 0.2) is 54.9 Å². The molecule has 2 amide bonds. The SMILES string of the molecule is COc1ccc(Cn2nc(-c3ccnnc3)c(OC[C@H]3CN(C(=O)OC(C)(C)C)CCO3)c2N2CCC(Cc3cc(F)c(F)c(F)c3)C2=O)cc1. The Morgan fingerprint density at radius 1 is 1.02 bits per heavy atom. The molecule has 0 N–H and O–H groups in total. The second kappa shape index (κ2) is 15.0. The summed E-state index contributed by atoms with van der Waals surface area (Å²) in [7, 11) is 1.58. The number of halogens is 3. The van der Waals surface area contributed by atoms with Crippen LogP contribution >= 0.6 is 0 Å². The normalized spacial score (nSPS) is 17.9. The van der Waals surface area contributed by atoms with E-state index in [0.717, 1.165) is 17.7 Å². The summed E-state index contributed by atoms with van der Waals surface area (Å²) in [6.45, 7) is 6.74. The number of nitrogens with zero attached hydrogens (tertiary/aromatic N) is 6. The Morgan fingerprint density at radius 3 is 2.43 bits per heavy atom. The average Bonchev–Trinajstić information content (AvgIpc) is 3.64. The van der Waals surface area contributed by atoms with E-state index in [1.807, 2.05) is 24.3 Å². The van der Waals surface area contributed by atoms with Gasteiger partial charge in [-0.25, -0.2) is 22.6 Å². The second-order valence-electron chi connectivity index (χ2n) is 13.4. The zero-order valence-electron chi connectivity index (χ0n) is 28.8. The first-order valence-electron chi connectivity index (χ1n) is 16.6. The van der Waals surface area contributed by atoms with E-state index in [2.05, 4.69) is 10.2 Å². The molecule has 6 rings (SSSR count). The van der Waals surface area contributed by atoms with E-state index in [0.29, 0.717) is 35.8 Å². The summed E-state index contributed by atoms with van der Waals surface area (Å²) in [6.07, 6.45) is 2.42. The van der Waals surface area contributed by atoms with Crippen molar-refractivity contribution in [1.29, 1.82) is 0 Å². The molecule has 4 heterocycles. The van der Waals surface area contributed by atoms with Crippen molar-refractivity contribution >= 4 is 17.8 Å². The lowest BCUT2D eigenvalue weighted by molar-refractivity contribution is -0.120. The van der Waals surface area contributed by atoms with E-state index in [1.165, 1.54) is 12.4 Å². The molecule has 2 saturated heterocycles. The van der Waals surface area contributed by atoms with Crippen molar-refractivity contribution < 1.29 is 41.7 Å². The van der Waals surface area contributed by atoms with Gasteiger partial charge in [0.2, 0.25) is 5.91 Å². The monoisotopic (exact) mass is 708 g/mol. The fourth-order valence-electron chi connectivity index (χ4n) is 6.10. The van der Waals surface area contributed by atoms with Crippen molar-refractivity contribution in [3.8, 4) is 22.8 Å². The van der Waals surface area contributed by atoms with E-state index >= 15 is 0 Å². The Labute approximate surface area is 293 Å². The van der Waals surface area contributed by atoms with Crippen LogP contribution in [0.2, 0.25) is 0 Å². The Hall–Kier alpha value is -5.18. The lowest BCUT2D eigenvalue weighted by atomic mass is 9.98. The van der Waals surface area contributed by atoms with Crippen LogP contribution in [-0.4, -0.2) is 88.5 Å². The standard InChI is InChI=1S/C36H39F3N6O6/c1-36(2,3)51-35(47)43-13-14-49-27(20-43)21-50-32-31(25-9-11-40-41-18-25)42-45(19-22-5-7-26(48-4)8-6-22)33(32)44-12-10-24(34(44)46)15-23-16-28(37)30(39)29(38)17-23/h5-9,11,16-18,24,27H,10,12-15,19-21H2,1-4H3/t24?,27-/m1/s1. The van der Waals surface area contributed by atoms with Gasteiger partial charge in [0, 0.05) is 24.6 Å². The van der Waals surface area contributed by atoms with Crippen molar-refractivity contribution in [1.82, 2.24) is 24.9 Å². The van der Waals surface area contributed by atoms with Crippen LogP contribution in [0.1, 0.15) is 38.3 Å². The highest BCUT2D eigenvalue weighted by atomic mass is 19.2. The number of benzene rings is 2. The molecule has 1 unspecified atom stereocenters. The highest BCUT2D eigenvalue weighted by Gasteiger charge is 2.39. The summed E-state index contributed by atoms with van der Waals surface area (Å²) in [5.74, 6) is -3.84. The third-order valence-electron chi connectivity index (χ3n) is 8.53. The van der Waals surface area contributed by atoms with E-state index in [9.17, 15) is 22.8 Å². The van der Waals surface area contributed by atoms with Crippen molar-refractivity contribution in [2.45, 2.75) is 51.9 Å². The minimum absolute atomic E-state index is 0.00378. The second-order valence-corrected chi connectivity index (χ2v) is 13.4. The number of carbonyl (C=O) groups excluding carboxylic acids is 2. The predicted octanol–water partition coefficient (Wildman–Crippen LogP) is 5.42. The summed E-state index contributed by atoms with van der Waals surface area (Å²) in [5.41, 5.74) is 1.33. The van der Waals surface area contributed by atoms with Gasteiger partial charge in [0.1, 0.15) is 29.8 Å². The zero-order chi connectivity index (χ0) is 36.3. The first-order valence-corrected chi connectivity index (χ1v) is 16.6. The van der Waals surface area contributed by atoms with Gasteiger partial charge in [-0.2, -0.15) is 15.3 Å². The molecule has 0 spiro atoms. The minimum Gasteiger partial charge on any atom is -0.497 e. The minimum atomic E-state index is -1.56. The summed E-state index contributed by atoms with van der Waals surface area (Å²) in [6, 6.07) is 10.9. The quantitative estimate of drug-likeness (QED) is 0.199. The Balaban J connectivity index is 1.34. The molecule has 12 nitrogen and oxygen atoms in total. The molecule has 2 atom stereocenters. The summed E-state index contributed by atoms with van der Waals surface area (Å²) in [5, 5.41) is 12.8. The van der Waals surface area contributed by atoms with Crippen LogP contribution in [-0.2, 0) is 27.2 Å². The molecular weight excluding hydrogens is 669 g/mol. The van der Waals surface area contributed by atoms with Gasteiger partial charge >= 0.3 is 6.09 Å². The van der Waals surface area contributed by atoms with Crippen LogP contribution in [0.25, 0.3) is 11.3 Å². The number of ether oxygens (including phenoxy) is 4.